The number of nitrogens with zero attached hydrogens (tertiary/aromatic N) is 3. The second-order valence-corrected chi connectivity index (χ2v) is 7.73. The van der Waals surface area contributed by atoms with Gasteiger partial charge in [0.15, 0.2) is 0 Å². The number of fused-ring (bicyclic) bond motifs is 1. The molecule has 0 radical (unpaired) electrons. The van der Waals surface area contributed by atoms with E-state index in [1.165, 1.54) is 0 Å². The van der Waals surface area contributed by atoms with Crippen molar-refractivity contribution >= 4 is 16.7 Å². The summed E-state index contributed by atoms with van der Waals surface area (Å²) in [4.78, 5) is 6.77. The van der Waals surface area contributed by atoms with Crippen LogP contribution in [0.15, 0.2) is 36.5 Å². The third kappa shape index (κ3) is 2.80. The smallest absolute Gasteiger partial charge is 0.129 e. The summed E-state index contributed by atoms with van der Waals surface area (Å²) in [6.45, 7) is 3.97. The van der Waals surface area contributed by atoms with Gasteiger partial charge in [-0.3, -0.25) is 5.10 Å². The van der Waals surface area contributed by atoms with E-state index in [4.69, 9.17) is 10.5 Å². The Morgan fingerprint density at radius 1 is 1.27 bits per heavy atom. The van der Waals surface area contributed by atoms with E-state index in [0.717, 1.165) is 66.1 Å². The summed E-state index contributed by atoms with van der Waals surface area (Å²) in [6, 6.07) is 10.5. The molecular formula is C20H23N5O. The molecule has 0 amide bonds. The normalized spacial score (nSPS) is 21.3. The van der Waals surface area contributed by atoms with Crippen LogP contribution in [0.2, 0.25) is 0 Å². The Kier molecular flexibility index (Phi) is 3.43. The molecule has 1 aliphatic heterocycles. The van der Waals surface area contributed by atoms with E-state index in [-0.39, 0.29) is 11.6 Å². The van der Waals surface area contributed by atoms with Crippen molar-refractivity contribution in [2.75, 3.05) is 18.0 Å². The number of benzene rings is 1. The minimum absolute atomic E-state index is 0.00985. The Hall–Kier alpha value is -2.60. The van der Waals surface area contributed by atoms with Crippen molar-refractivity contribution in [2.45, 2.75) is 37.8 Å². The van der Waals surface area contributed by atoms with Crippen molar-refractivity contribution in [1.82, 2.24) is 15.2 Å². The highest BCUT2D eigenvalue weighted by atomic mass is 16.5. The summed E-state index contributed by atoms with van der Waals surface area (Å²) in [5.74, 6) is 1.87. The van der Waals surface area contributed by atoms with Crippen molar-refractivity contribution in [3.05, 3.63) is 36.5 Å². The van der Waals surface area contributed by atoms with Gasteiger partial charge >= 0.3 is 0 Å². The Balaban J connectivity index is 1.51. The number of nitrogens with one attached hydrogen (secondary N) is 1. The third-order valence-corrected chi connectivity index (χ3v) is 5.42. The SMILES string of the molecule is CC1(Oc2ccc3[nH]nc(-c4ccnc(N5CCC(N)C5)c4)c3c2)CC1. The fraction of sp³-hybridized carbons (Fsp3) is 0.400. The number of hydrogen-bond donors (Lipinski definition) is 2. The van der Waals surface area contributed by atoms with Gasteiger partial charge in [0.1, 0.15) is 22.9 Å². The summed E-state index contributed by atoms with van der Waals surface area (Å²) < 4.78 is 6.12. The Morgan fingerprint density at radius 2 is 2.15 bits per heavy atom. The molecule has 5 rings (SSSR count). The number of aromatic nitrogens is 3. The maximum absolute atomic E-state index is 6.12. The zero-order valence-electron chi connectivity index (χ0n) is 14.9. The standard InChI is InChI=1S/C20H23N5O/c1-20(6-7-20)26-15-2-3-17-16(11-15)19(24-23-17)13-4-8-22-18(10-13)25-9-5-14(21)12-25/h2-4,8,10-11,14H,5-7,9,12,21H2,1H3,(H,23,24). The van der Waals surface area contributed by atoms with Crippen LogP contribution < -0.4 is 15.4 Å². The second kappa shape index (κ2) is 5.71. The third-order valence-electron chi connectivity index (χ3n) is 5.42. The molecule has 6 nitrogen and oxygen atoms in total. The van der Waals surface area contributed by atoms with Crippen molar-refractivity contribution < 1.29 is 4.74 Å². The summed E-state index contributed by atoms with van der Waals surface area (Å²) in [7, 11) is 0. The molecule has 1 aromatic carbocycles. The van der Waals surface area contributed by atoms with E-state index in [0.29, 0.717) is 0 Å². The zero-order valence-corrected chi connectivity index (χ0v) is 14.9. The quantitative estimate of drug-likeness (QED) is 0.756. The molecule has 1 unspecified atom stereocenters. The van der Waals surface area contributed by atoms with Crippen LogP contribution in [0.4, 0.5) is 5.82 Å². The number of hydrogen-bond acceptors (Lipinski definition) is 5. The lowest BCUT2D eigenvalue weighted by Crippen LogP contribution is -2.26. The second-order valence-electron chi connectivity index (χ2n) is 7.73. The lowest BCUT2D eigenvalue weighted by atomic mass is 10.1. The zero-order chi connectivity index (χ0) is 17.7. The van der Waals surface area contributed by atoms with Crippen LogP contribution in [0.25, 0.3) is 22.2 Å². The first kappa shape index (κ1) is 15.6. The van der Waals surface area contributed by atoms with E-state index < -0.39 is 0 Å². The first-order chi connectivity index (χ1) is 12.6. The molecular weight excluding hydrogens is 326 g/mol. The molecule has 0 bridgehead atoms. The summed E-state index contributed by atoms with van der Waals surface area (Å²) in [6.07, 6.45) is 5.10. The minimum atomic E-state index is 0.00985. The molecule has 134 valence electrons. The van der Waals surface area contributed by atoms with Crippen LogP contribution >= 0.6 is 0 Å². The van der Waals surface area contributed by atoms with Gasteiger partial charge in [0.2, 0.25) is 0 Å². The molecule has 3 aromatic rings. The number of pyridine rings is 1. The van der Waals surface area contributed by atoms with Crippen LogP contribution in [0, 0.1) is 0 Å². The van der Waals surface area contributed by atoms with Crippen molar-refractivity contribution in [3.63, 3.8) is 0 Å². The molecule has 3 N–H and O–H groups in total. The monoisotopic (exact) mass is 349 g/mol. The lowest BCUT2D eigenvalue weighted by Gasteiger charge is -2.17. The van der Waals surface area contributed by atoms with Crippen LogP contribution in [-0.2, 0) is 0 Å². The van der Waals surface area contributed by atoms with E-state index in [1.54, 1.807) is 0 Å². The predicted octanol–water partition coefficient (Wildman–Crippen LogP) is 3.09. The summed E-state index contributed by atoms with van der Waals surface area (Å²) in [5.41, 5.74) is 9.04. The highest BCUT2D eigenvalue weighted by Gasteiger charge is 2.40. The number of rotatable bonds is 4. The van der Waals surface area contributed by atoms with Gasteiger partial charge in [-0.25, -0.2) is 4.98 Å². The van der Waals surface area contributed by atoms with Gasteiger partial charge in [-0.2, -0.15) is 5.10 Å². The fourth-order valence-electron chi connectivity index (χ4n) is 3.57. The maximum atomic E-state index is 6.12. The van der Waals surface area contributed by atoms with Crippen molar-refractivity contribution in [3.8, 4) is 17.0 Å². The highest BCUT2D eigenvalue weighted by molar-refractivity contribution is 5.94. The largest absolute Gasteiger partial charge is 0.488 e. The Morgan fingerprint density at radius 3 is 2.92 bits per heavy atom. The summed E-state index contributed by atoms with van der Waals surface area (Å²) in [5, 5.41) is 8.75. The van der Waals surface area contributed by atoms with E-state index in [9.17, 15) is 0 Å². The number of anilines is 1. The van der Waals surface area contributed by atoms with E-state index in [1.807, 2.05) is 24.4 Å². The Bertz CT molecular complexity index is 962. The van der Waals surface area contributed by atoms with Crippen LogP contribution in [0.1, 0.15) is 26.2 Å². The molecule has 6 heteroatoms. The maximum Gasteiger partial charge on any atom is 0.129 e. The van der Waals surface area contributed by atoms with Gasteiger partial charge in [-0.05, 0) is 56.5 Å². The molecule has 1 aliphatic carbocycles. The van der Waals surface area contributed by atoms with Crippen molar-refractivity contribution in [1.29, 1.82) is 0 Å². The number of nitrogens with two attached hydrogens (primary N) is 1. The molecule has 1 saturated heterocycles. The van der Waals surface area contributed by atoms with Crippen LogP contribution in [-0.4, -0.2) is 39.9 Å². The Labute approximate surface area is 152 Å². The van der Waals surface area contributed by atoms with Gasteiger partial charge in [0.25, 0.3) is 0 Å². The molecule has 3 heterocycles. The lowest BCUT2D eigenvalue weighted by molar-refractivity contribution is 0.200. The van der Waals surface area contributed by atoms with Gasteiger partial charge in [-0.15, -0.1) is 0 Å². The topological polar surface area (TPSA) is 80.1 Å². The van der Waals surface area contributed by atoms with Gasteiger partial charge in [0, 0.05) is 36.3 Å². The summed E-state index contributed by atoms with van der Waals surface area (Å²) >= 11 is 0. The first-order valence-corrected chi connectivity index (χ1v) is 9.24. The molecule has 0 spiro atoms. The number of aromatic amines is 1. The van der Waals surface area contributed by atoms with E-state index >= 15 is 0 Å². The number of H-pyrrole nitrogens is 1. The predicted molar refractivity (Wildman–Crippen MR) is 102 cm³/mol. The molecule has 2 aromatic heterocycles. The average Bonchev–Trinajstić information content (AvgIpc) is 3.05. The van der Waals surface area contributed by atoms with Crippen LogP contribution in [0.5, 0.6) is 5.75 Å². The van der Waals surface area contributed by atoms with Gasteiger partial charge in [0.05, 0.1) is 5.52 Å². The molecule has 2 fully saturated rings. The molecule has 2 aliphatic rings. The number of ether oxygens (including phenoxy) is 1. The highest BCUT2D eigenvalue weighted by Crippen LogP contribution is 2.40. The van der Waals surface area contributed by atoms with Crippen LogP contribution in [0.3, 0.4) is 0 Å². The molecule has 1 saturated carbocycles. The van der Waals surface area contributed by atoms with Gasteiger partial charge < -0.3 is 15.4 Å². The average molecular weight is 349 g/mol. The minimum Gasteiger partial charge on any atom is -0.488 e. The van der Waals surface area contributed by atoms with E-state index in [2.05, 4.69) is 39.1 Å². The molecule has 26 heavy (non-hydrogen) atoms. The fourth-order valence-corrected chi connectivity index (χ4v) is 3.57. The first-order valence-electron chi connectivity index (χ1n) is 9.24. The van der Waals surface area contributed by atoms with Gasteiger partial charge in [-0.1, -0.05) is 0 Å². The molecule has 1 atom stereocenters. The van der Waals surface area contributed by atoms with Crippen molar-refractivity contribution in [2.24, 2.45) is 5.73 Å².